The normalized spacial score (nSPS) is 18.3. The highest BCUT2D eigenvalue weighted by molar-refractivity contribution is 6.20. The first-order valence-corrected chi connectivity index (χ1v) is 11.4. The quantitative estimate of drug-likeness (QED) is 0.621. The lowest BCUT2D eigenvalue weighted by Gasteiger charge is -2.26. The predicted octanol–water partition coefficient (Wildman–Crippen LogP) is 3.06. The fourth-order valence-electron chi connectivity index (χ4n) is 4.22. The maximum absolute atomic E-state index is 13.1. The van der Waals surface area contributed by atoms with Crippen LogP contribution in [0.25, 0.3) is 0 Å². The smallest absolute Gasteiger partial charge is 0.269 e. The number of benzene rings is 3. The Morgan fingerprint density at radius 2 is 1.76 bits per heavy atom. The van der Waals surface area contributed by atoms with Gasteiger partial charge in [-0.2, -0.15) is 0 Å². The second kappa shape index (κ2) is 9.99. The number of morpholine rings is 1. The Morgan fingerprint density at radius 3 is 2.59 bits per heavy atom. The van der Waals surface area contributed by atoms with Crippen LogP contribution >= 0.6 is 0 Å². The van der Waals surface area contributed by atoms with Crippen LogP contribution in [0.5, 0.6) is 0 Å². The summed E-state index contributed by atoms with van der Waals surface area (Å²) < 4.78 is 5.41. The summed E-state index contributed by atoms with van der Waals surface area (Å²) in [6.45, 7) is 3.94. The van der Waals surface area contributed by atoms with Crippen molar-refractivity contribution in [3.8, 4) is 0 Å². The number of nitrogens with one attached hydrogen (secondary N) is 2. The third-order valence-electron chi connectivity index (χ3n) is 5.96. The van der Waals surface area contributed by atoms with E-state index in [1.54, 1.807) is 6.07 Å². The molecule has 2 aliphatic rings. The minimum Gasteiger partial charge on any atom is -0.379 e. The van der Waals surface area contributed by atoms with Crippen molar-refractivity contribution < 1.29 is 14.3 Å². The predicted molar refractivity (Wildman–Crippen MR) is 131 cm³/mol. The van der Waals surface area contributed by atoms with Gasteiger partial charge in [0.05, 0.1) is 24.6 Å². The molecule has 1 unspecified atom stereocenters. The average Bonchev–Trinajstić information content (AvgIpc) is 3.01. The van der Waals surface area contributed by atoms with E-state index in [9.17, 15) is 9.59 Å². The number of carbonyl (C=O) groups excluding carboxylic acids is 2. The zero-order chi connectivity index (χ0) is 23.3. The van der Waals surface area contributed by atoms with E-state index in [1.165, 1.54) is 0 Å². The highest BCUT2D eigenvalue weighted by Gasteiger charge is 2.27. The number of amides is 2. The first-order chi connectivity index (χ1) is 16.7. The lowest BCUT2D eigenvalue weighted by Crippen LogP contribution is -2.42. The van der Waals surface area contributed by atoms with Gasteiger partial charge in [0.15, 0.2) is 0 Å². The number of aliphatic imine (C=N–C) groups is 1. The third kappa shape index (κ3) is 4.90. The fraction of sp³-hybridized carbons (Fsp3) is 0.222. The van der Waals surface area contributed by atoms with Crippen molar-refractivity contribution in [1.82, 2.24) is 10.2 Å². The van der Waals surface area contributed by atoms with E-state index in [2.05, 4.69) is 15.5 Å². The second-order valence-corrected chi connectivity index (χ2v) is 8.34. The summed E-state index contributed by atoms with van der Waals surface area (Å²) in [7, 11) is 0. The molecule has 2 N–H and O–H groups in total. The summed E-state index contributed by atoms with van der Waals surface area (Å²) in [5, 5.41) is 5.73. The summed E-state index contributed by atoms with van der Waals surface area (Å²) >= 11 is 0. The van der Waals surface area contributed by atoms with Gasteiger partial charge in [-0.3, -0.25) is 14.5 Å². The third-order valence-corrected chi connectivity index (χ3v) is 5.96. The largest absolute Gasteiger partial charge is 0.379 e. The van der Waals surface area contributed by atoms with Gasteiger partial charge in [-0.25, -0.2) is 4.99 Å². The van der Waals surface area contributed by atoms with Gasteiger partial charge in [0.2, 0.25) is 6.17 Å². The fourth-order valence-corrected chi connectivity index (χ4v) is 4.22. The van der Waals surface area contributed by atoms with Gasteiger partial charge in [0, 0.05) is 36.3 Å². The number of hydrogen-bond donors (Lipinski definition) is 2. The summed E-state index contributed by atoms with van der Waals surface area (Å²) in [4.78, 5) is 33.1. The van der Waals surface area contributed by atoms with Crippen molar-refractivity contribution in [2.75, 3.05) is 31.6 Å². The number of nitrogens with zero attached hydrogens (tertiary/aromatic N) is 2. The molecule has 2 aliphatic heterocycles. The van der Waals surface area contributed by atoms with Gasteiger partial charge in [-0.1, -0.05) is 60.7 Å². The zero-order valence-corrected chi connectivity index (χ0v) is 18.7. The van der Waals surface area contributed by atoms with Crippen LogP contribution in [0.2, 0.25) is 0 Å². The van der Waals surface area contributed by atoms with E-state index in [4.69, 9.17) is 9.73 Å². The number of rotatable bonds is 5. The SMILES string of the molecule is O=C(NC1N=C(c2ccccc2)c2ccccc2NC1=O)c1cccc(CN2CCOCC2)c1. The molecule has 1 fully saturated rings. The Kier molecular flexibility index (Phi) is 6.46. The van der Waals surface area contributed by atoms with E-state index in [-0.39, 0.29) is 11.8 Å². The lowest BCUT2D eigenvalue weighted by atomic mass is 10.0. The molecule has 7 heteroatoms. The van der Waals surface area contributed by atoms with Crippen LogP contribution in [0, 0.1) is 0 Å². The van der Waals surface area contributed by atoms with Crippen LogP contribution in [0.1, 0.15) is 27.0 Å². The summed E-state index contributed by atoms with van der Waals surface area (Å²) in [5.41, 5.74) is 4.54. The highest BCUT2D eigenvalue weighted by atomic mass is 16.5. The van der Waals surface area contributed by atoms with Crippen LogP contribution in [0.3, 0.4) is 0 Å². The van der Waals surface area contributed by atoms with Crippen LogP contribution in [-0.4, -0.2) is 54.9 Å². The van der Waals surface area contributed by atoms with Gasteiger partial charge in [-0.05, 0) is 23.8 Å². The van der Waals surface area contributed by atoms with Gasteiger partial charge in [-0.15, -0.1) is 0 Å². The molecule has 1 atom stereocenters. The van der Waals surface area contributed by atoms with E-state index < -0.39 is 6.17 Å². The number of hydrogen-bond acceptors (Lipinski definition) is 5. The molecule has 0 radical (unpaired) electrons. The van der Waals surface area contributed by atoms with Crippen LogP contribution < -0.4 is 10.6 Å². The molecule has 0 aromatic heterocycles. The molecular formula is C27H26N4O3. The maximum atomic E-state index is 13.1. The number of ether oxygens (including phenoxy) is 1. The van der Waals surface area contributed by atoms with Crippen molar-refractivity contribution in [3.63, 3.8) is 0 Å². The molecule has 2 heterocycles. The van der Waals surface area contributed by atoms with Crippen molar-refractivity contribution in [2.45, 2.75) is 12.7 Å². The molecule has 0 saturated carbocycles. The first kappa shape index (κ1) is 22.0. The molecule has 0 bridgehead atoms. The molecule has 5 rings (SSSR count). The summed E-state index contributed by atoms with van der Waals surface area (Å²) in [6, 6.07) is 24.7. The molecule has 0 spiro atoms. The molecule has 2 amide bonds. The van der Waals surface area contributed by atoms with Crippen molar-refractivity contribution in [3.05, 3.63) is 101 Å². The first-order valence-electron chi connectivity index (χ1n) is 11.4. The van der Waals surface area contributed by atoms with Crippen LogP contribution in [0.4, 0.5) is 5.69 Å². The summed E-state index contributed by atoms with van der Waals surface area (Å²) in [5.74, 6) is -0.720. The average molecular weight is 455 g/mol. The van der Waals surface area contributed by atoms with Gasteiger partial charge in [0.25, 0.3) is 11.8 Å². The Bertz CT molecular complexity index is 1220. The minimum absolute atomic E-state index is 0.342. The van der Waals surface area contributed by atoms with Crippen LogP contribution in [-0.2, 0) is 16.1 Å². The molecule has 7 nitrogen and oxygen atoms in total. The van der Waals surface area contributed by atoms with Gasteiger partial charge in [0.1, 0.15) is 0 Å². The molecule has 3 aromatic carbocycles. The lowest BCUT2D eigenvalue weighted by molar-refractivity contribution is -0.117. The molecule has 1 saturated heterocycles. The second-order valence-electron chi connectivity index (χ2n) is 8.34. The monoisotopic (exact) mass is 454 g/mol. The molecule has 3 aromatic rings. The number of fused-ring (bicyclic) bond motifs is 1. The van der Waals surface area contributed by atoms with Crippen molar-refractivity contribution >= 4 is 23.2 Å². The zero-order valence-electron chi connectivity index (χ0n) is 18.7. The van der Waals surface area contributed by atoms with E-state index in [0.29, 0.717) is 17.0 Å². The van der Waals surface area contributed by atoms with E-state index in [1.807, 2.05) is 72.8 Å². The summed E-state index contributed by atoms with van der Waals surface area (Å²) in [6.07, 6.45) is -1.06. The number of anilines is 1. The standard InChI is InChI=1S/C27H26N4O3/c32-26(21-10-6-7-19(17-21)18-31-13-15-34-16-14-31)30-25-27(33)28-23-12-5-4-11-22(23)24(29-25)20-8-2-1-3-9-20/h1-12,17,25H,13-16,18H2,(H,28,33)(H,30,32). The maximum Gasteiger partial charge on any atom is 0.269 e. The van der Waals surface area contributed by atoms with E-state index in [0.717, 1.165) is 49.5 Å². The molecular weight excluding hydrogens is 428 g/mol. The van der Waals surface area contributed by atoms with Gasteiger partial charge < -0.3 is 15.4 Å². The molecule has 0 aliphatic carbocycles. The number of carbonyl (C=O) groups is 2. The number of benzodiazepines with no additional fused rings is 1. The Labute approximate surface area is 198 Å². The van der Waals surface area contributed by atoms with E-state index >= 15 is 0 Å². The molecule has 34 heavy (non-hydrogen) atoms. The minimum atomic E-state index is -1.06. The highest BCUT2D eigenvalue weighted by Crippen LogP contribution is 2.24. The van der Waals surface area contributed by atoms with Crippen LogP contribution in [0.15, 0.2) is 83.9 Å². The Hall–Kier alpha value is -3.81. The van der Waals surface area contributed by atoms with Crippen molar-refractivity contribution in [2.24, 2.45) is 4.99 Å². The Balaban J connectivity index is 1.40. The Morgan fingerprint density at radius 1 is 1.00 bits per heavy atom. The molecule has 172 valence electrons. The number of para-hydroxylation sites is 1. The van der Waals surface area contributed by atoms with Gasteiger partial charge >= 0.3 is 0 Å². The topological polar surface area (TPSA) is 83.0 Å². The van der Waals surface area contributed by atoms with Crippen molar-refractivity contribution in [1.29, 1.82) is 0 Å².